The standard InChI is InChI=1S/C15H8ClF3N2O3/c16-11-5-9(15(17,18)19)1-2-13(11)24-7-10-3-8(6-20)4-12(21-10)14(22)23/h1-5H,7H2,(H,22,23). The highest BCUT2D eigenvalue weighted by atomic mass is 35.5. The SMILES string of the molecule is N#Cc1cc(COc2ccc(C(F)(F)F)cc2Cl)nc(C(=O)O)c1. The Kier molecular flexibility index (Phi) is 4.95. The summed E-state index contributed by atoms with van der Waals surface area (Å²) >= 11 is 5.75. The molecular weight excluding hydrogens is 349 g/mol. The molecule has 0 aliphatic rings. The summed E-state index contributed by atoms with van der Waals surface area (Å²) in [5.41, 5.74) is -1.06. The van der Waals surface area contributed by atoms with Crippen molar-refractivity contribution < 1.29 is 27.8 Å². The van der Waals surface area contributed by atoms with Gasteiger partial charge in [-0.1, -0.05) is 11.6 Å². The Morgan fingerprint density at radius 2 is 2.04 bits per heavy atom. The number of pyridine rings is 1. The topological polar surface area (TPSA) is 83.2 Å². The minimum absolute atomic E-state index is 0.0225. The first-order valence-corrected chi connectivity index (χ1v) is 6.72. The summed E-state index contributed by atoms with van der Waals surface area (Å²) in [4.78, 5) is 14.7. The van der Waals surface area contributed by atoms with Crippen LogP contribution < -0.4 is 4.74 Å². The van der Waals surface area contributed by atoms with Crippen LogP contribution in [0, 0.1) is 11.3 Å². The number of halogens is 4. The van der Waals surface area contributed by atoms with Crippen molar-refractivity contribution in [3.8, 4) is 11.8 Å². The van der Waals surface area contributed by atoms with E-state index in [1.54, 1.807) is 6.07 Å². The van der Waals surface area contributed by atoms with Gasteiger partial charge in [0.05, 0.1) is 27.9 Å². The lowest BCUT2D eigenvalue weighted by atomic mass is 10.2. The molecule has 1 aromatic carbocycles. The number of ether oxygens (including phenoxy) is 1. The third-order valence-corrected chi connectivity index (χ3v) is 3.16. The van der Waals surface area contributed by atoms with Gasteiger partial charge in [0.25, 0.3) is 0 Å². The van der Waals surface area contributed by atoms with E-state index >= 15 is 0 Å². The zero-order chi connectivity index (χ0) is 17.9. The fourth-order valence-electron chi connectivity index (χ4n) is 1.78. The fourth-order valence-corrected chi connectivity index (χ4v) is 2.02. The van der Waals surface area contributed by atoms with Gasteiger partial charge in [-0.25, -0.2) is 9.78 Å². The molecule has 1 N–H and O–H groups in total. The van der Waals surface area contributed by atoms with Gasteiger partial charge < -0.3 is 9.84 Å². The third kappa shape index (κ3) is 4.14. The number of carboxylic acids is 1. The van der Waals surface area contributed by atoms with Crippen LogP contribution in [0.15, 0.2) is 30.3 Å². The largest absolute Gasteiger partial charge is 0.486 e. The zero-order valence-electron chi connectivity index (χ0n) is 11.8. The summed E-state index contributed by atoms with van der Waals surface area (Å²) in [6.45, 7) is -0.263. The zero-order valence-corrected chi connectivity index (χ0v) is 12.5. The van der Waals surface area contributed by atoms with Gasteiger partial charge in [-0.05, 0) is 30.3 Å². The smallest absolute Gasteiger partial charge is 0.416 e. The van der Waals surface area contributed by atoms with Gasteiger partial charge in [-0.3, -0.25) is 0 Å². The van der Waals surface area contributed by atoms with Crippen LogP contribution in [0.5, 0.6) is 5.75 Å². The number of rotatable bonds is 4. The number of nitrogens with zero attached hydrogens (tertiary/aromatic N) is 2. The Morgan fingerprint density at radius 3 is 2.58 bits per heavy atom. The van der Waals surface area contributed by atoms with Gasteiger partial charge in [0, 0.05) is 0 Å². The Balaban J connectivity index is 2.21. The number of hydrogen-bond donors (Lipinski definition) is 1. The Labute approximate surface area is 138 Å². The molecule has 1 heterocycles. The lowest BCUT2D eigenvalue weighted by Gasteiger charge is -2.11. The maximum Gasteiger partial charge on any atom is 0.416 e. The van der Waals surface area contributed by atoms with E-state index in [0.717, 1.165) is 24.3 Å². The van der Waals surface area contributed by atoms with Crippen molar-refractivity contribution in [1.82, 2.24) is 4.98 Å². The second kappa shape index (κ2) is 6.76. The van der Waals surface area contributed by atoms with Crippen LogP contribution in [-0.2, 0) is 12.8 Å². The first-order valence-electron chi connectivity index (χ1n) is 6.34. The second-order valence-corrected chi connectivity index (χ2v) is 4.99. The van der Waals surface area contributed by atoms with Gasteiger partial charge >= 0.3 is 12.1 Å². The van der Waals surface area contributed by atoms with Gasteiger partial charge in [0.2, 0.25) is 0 Å². The van der Waals surface area contributed by atoms with Crippen molar-refractivity contribution in [1.29, 1.82) is 5.26 Å². The van der Waals surface area contributed by atoms with Crippen LogP contribution in [0.4, 0.5) is 13.2 Å². The van der Waals surface area contributed by atoms with Crippen molar-refractivity contribution in [2.75, 3.05) is 0 Å². The molecule has 0 amide bonds. The number of alkyl halides is 3. The number of carboxylic acid groups (broad SMARTS) is 1. The molecule has 0 saturated carbocycles. The molecule has 0 bridgehead atoms. The van der Waals surface area contributed by atoms with Crippen LogP contribution in [-0.4, -0.2) is 16.1 Å². The van der Waals surface area contributed by atoms with Crippen LogP contribution >= 0.6 is 11.6 Å². The molecule has 0 fully saturated rings. The molecule has 24 heavy (non-hydrogen) atoms. The number of benzene rings is 1. The summed E-state index contributed by atoms with van der Waals surface area (Å²) in [6.07, 6.45) is -4.53. The molecule has 1 aromatic heterocycles. The molecule has 0 aliphatic heterocycles. The van der Waals surface area contributed by atoms with Crippen LogP contribution in [0.1, 0.15) is 27.3 Å². The molecule has 2 aromatic rings. The van der Waals surface area contributed by atoms with E-state index in [1.807, 2.05) is 0 Å². The average Bonchev–Trinajstić information content (AvgIpc) is 2.52. The molecule has 0 aliphatic carbocycles. The number of nitriles is 1. The lowest BCUT2D eigenvalue weighted by molar-refractivity contribution is -0.137. The molecule has 0 spiro atoms. The van der Waals surface area contributed by atoms with Gasteiger partial charge in [-0.2, -0.15) is 18.4 Å². The highest BCUT2D eigenvalue weighted by molar-refractivity contribution is 6.32. The minimum Gasteiger partial charge on any atom is -0.486 e. The van der Waals surface area contributed by atoms with Crippen LogP contribution in [0.2, 0.25) is 5.02 Å². The van der Waals surface area contributed by atoms with Gasteiger partial charge in [0.15, 0.2) is 0 Å². The van der Waals surface area contributed by atoms with E-state index in [0.29, 0.717) is 0 Å². The van der Waals surface area contributed by atoms with E-state index < -0.39 is 17.7 Å². The summed E-state index contributed by atoms with van der Waals surface area (Å²) in [5, 5.41) is 17.5. The first kappa shape index (κ1) is 17.6. The number of aromatic nitrogens is 1. The maximum absolute atomic E-state index is 12.6. The quantitative estimate of drug-likeness (QED) is 0.898. The molecule has 5 nitrogen and oxygen atoms in total. The molecule has 0 saturated heterocycles. The molecule has 2 rings (SSSR count). The van der Waals surface area contributed by atoms with Crippen molar-refractivity contribution in [2.45, 2.75) is 12.8 Å². The Hall–Kier alpha value is -2.79. The molecular formula is C15H8ClF3N2O3. The summed E-state index contributed by atoms with van der Waals surface area (Å²) in [5.74, 6) is -1.34. The lowest BCUT2D eigenvalue weighted by Crippen LogP contribution is -2.07. The van der Waals surface area contributed by atoms with E-state index in [-0.39, 0.29) is 34.3 Å². The molecule has 0 unspecified atom stereocenters. The van der Waals surface area contributed by atoms with Crippen molar-refractivity contribution >= 4 is 17.6 Å². The monoisotopic (exact) mass is 356 g/mol. The number of carbonyl (C=O) groups is 1. The van der Waals surface area contributed by atoms with E-state index in [4.69, 9.17) is 26.7 Å². The summed E-state index contributed by atoms with van der Waals surface area (Å²) in [6, 6.07) is 6.77. The van der Waals surface area contributed by atoms with Crippen LogP contribution in [0.25, 0.3) is 0 Å². The van der Waals surface area contributed by atoms with Crippen molar-refractivity contribution in [2.24, 2.45) is 0 Å². The van der Waals surface area contributed by atoms with E-state index in [2.05, 4.69) is 4.98 Å². The van der Waals surface area contributed by atoms with Crippen LogP contribution in [0.3, 0.4) is 0 Å². The van der Waals surface area contributed by atoms with Gasteiger partial charge in [0.1, 0.15) is 18.1 Å². The fraction of sp³-hybridized carbons (Fsp3) is 0.133. The minimum atomic E-state index is -4.53. The molecule has 124 valence electrons. The second-order valence-electron chi connectivity index (χ2n) is 4.58. The number of hydrogen-bond acceptors (Lipinski definition) is 4. The normalized spacial score (nSPS) is 11.0. The highest BCUT2D eigenvalue weighted by Gasteiger charge is 2.31. The molecule has 9 heteroatoms. The van der Waals surface area contributed by atoms with Gasteiger partial charge in [-0.15, -0.1) is 0 Å². The highest BCUT2D eigenvalue weighted by Crippen LogP contribution is 2.34. The average molecular weight is 357 g/mol. The first-order chi connectivity index (χ1) is 11.2. The Bertz CT molecular complexity index is 832. The molecule has 0 radical (unpaired) electrons. The van der Waals surface area contributed by atoms with Crippen molar-refractivity contribution in [3.63, 3.8) is 0 Å². The predicted molar refractivity (Wildman–Crippen MR) is 76.7 cm³/mol. The number of aromatic carboxylic acids is 1. The third-order valence-electron chi connectivity index (χ3n) is 2.86. The molecule has 0 atom stereocenters. The maximum atomic E-state index is 12.6. The Morgan fingerprint density at radius 1 is 1.33 bits per heavy atom. The van der Waals surface area contributed by atoms with E-state index in [9.17, 15) is 18.0 Å². The summed E-state index contributed by atoms with van der Waals surface area (Å²) in [7, 11) is 0. The van der Waals surface area contributed by atoms with E-state index in [1.165, 1.54) is 6.07 Å². The summed E-state index contributed by atoms with van der Waals surface area (Å²) < 4.78 is 42.9. The van der Waals surface area contributed by atoms with Crippen molar-refractivity contribution in [3.05, 3.63) is 57.9 Å². The predicted octanol–water partition coefficient (Wildman–Crippen LogP) is 3.90.